The molecule has 0 unspecified atom stereocenters. The first-order chi connectivity index (χ1) is 12.7. The lowest BCUT2D eigenvalue weighted by Gasteiger charge is -2.22. The maximum atomic E-state index is 9.87. The van der Waals surface area contributed by atoms with Gasteiger partial charge < -0.3 is 10.2 Å². The van der Waals surface area contributed by atoms with Gasteiger partial charge in [0.05, 0.1) is 0 Å². The van der Waals surface area contributed by atoms with Crippen molar-refractivity contribution in [1.82, 2.24) is 0 Å². The fraction of sp³-hybridized carbons (Fsp3) is 0.500. The van der Waals surface area contributed by atoms with E-state index >= 15 is 0 Å². The number of hydrogen-bond donors (Lipinski definition) is 2. The van der Waals surface area contributed by atoms with E-state index in [1.54, 1.807) is 12.1 Å². The zero-order valence-electron chi connectivity index (χ0n) is 18.0. The zero-order valence-corrected chi connectivity index (χ0v) is 19.5. The van der Waals surface area contributed by atoms with Gasteiger partial charge >= 0.3 is 0 Å². The fourth-order valence-corrected chi connectivity index (χ4v) is 3.63. The molecule has 154 valence electrons. The van der Waals surface area contributed by atoms with Gasteiger partial charge in [0.25, 0.3) is 0 Å². The zero-order chi connectivity index (χ0) is 21.4. The minimum absolute atomic E-state index is 0.0295. The number of phenols is 2. The van der Waals surface area contributed by atoms with Crippen molar-refractivity contribution < 1.29 is 10.2 Å². The number of aromatic hydroxyl groups is 2. The van der Waals surface area contributed by atoms with Crippen LogP contribution in [-0.4, -0.2) is 10.2 Å². The molecule has 0 bridgehead atoms. The molecule has 0 saturated heterocycles. The van der Waals surface area contributed by atoms with Gasteiger partial charge in [-0.2, -0.15) is 0 Å². The van der Waals surface area contributed by atoms with Gasteiger partial charge in [-0.05, 0) is 77.0 Å². The molecule has 4 heteroatoms. The molecule has 1 aliphatic rings. The lowest BCUT2D eigenvalue weighted by atomic mass is 9.85. The molecular weight excluding hydrogens is 391 g/mol. The molecular formula is C24H32Cl2O2. The third-order valence-corrected chi connectivity index (χ3v) is 5.76. The van der Waals surface area contributed by atoms with Crippen molar-refractivity contribution in [2.45, 2.75) is 78.1 Å². The summed E-state index contributed by atoms with van der Waals surface area (Å²) in [5.74, 6) is 1.22. The van der Waals surface area contributed by atoms with Gasteiger partial charge in [-0.3, -0.25) is 0 Å². The molecule has 0 aliphatic heterocycles. The molecule has 2 aromatic rings. The Morgan fingerprint density at radius 2 is 1.18 bits per heavy atom. The number of phenolic OH excluding ortho intramolecular Hbond substituents is 2. The first-order valence-corrected chi connectivity index (χ1v) is 10.5. The summed E-state index contributed by atoms with van der Waals surface area (Å²) in [6.45, 7) is 14.4. The van der Waals surface area contributed by atoms with Crippen molar-refractivity contribution in [3.63, 3.8) is 0 Å². The SMILES string of the molecule is CC(C)(C)c1cc(C2CC2)c(Cl)cc1O.Cc1cc(C(C)(C)C)c(O)cc1Cl. The van der Waals surface area contributed by atoms with Crippen molar-refractivity contribution in [3.8, 4) is 11.5 Å². The van der Waals surface area contributed by atoms with Crippen LogP contribution in [0.1, 0.15) is 82.6 Å². The van der Waals surface area contributed by atoms with Crippen molar-refractivity contribution in [3.05, 3.63) is 56.6 Å². The van der Waals surface area contributed by atoms with Crippen LogP contribution < -0.4 is 0 Å². The van der Waals surface area contributed by atoms with Crippen molar-refractivity contribution in [2.75, 3.05) is 0 Å². The van der Waals surface area contributed by atoms with Gasteiger partial charge in [0.1, 0.15) is 11.5 Å². The average Bonchev–Trinajstić information content (AvgIpc) is 3.34. The van der Waals surface area contributed by atoms with Gasteiger partial charge in [0.15, 0.2) is 0 Å². The summed E-state index contributed by atoms with van der Waals surface area (Å²) in [4.78, 5) is 0. The Labute approximate surface area is 179 Å². The highest BCUT2D eigenvalue weighted by Crippen LogP contribution is 2.46. The molecule has 2 nitrogen and oxygen atoms in total. The summed E-state index contributed by atoms with van der Waals surface area (Å²) in [7, 11) is 0. The minimum atomic E-state index is -0.0422. The van der Waals surface area contributed by atoms with Gasteiger partial charge in [0, 0.05) is 10.0 Å². The standard InChI is InChI=1S/C13H17ClO.C11H15ClO/c1-13(2,3)10-6-9(8-4-5-8)11(14)7-12(10)15;1-7-5-8(11(2,3)4)10(13)6-9(7)12/h6-8,15H,4-5H2,1-3H3;5-6,13H,1-4H3. The normalized spacial score (nSPS) is 14.5. The molecule has 0 atom stereocenters. The third kappa shape index (κ3) is 5.58. The van der Waals surface area contributed by atoms with Crippen LogP contribution in [0.25, 0.3) is 0 Å². The number of rotatable bonds is 1. The summed E-state index contributed by atoms with van der Waals surface area (Å²) in [6, 6.07) is 7.32. The Bertz CT molecular complexity index is 854. The van der Waals surface area contributed by atoms with Gasteiger partial charge in [0.2, 0.25) is 0 Å². The van der Waals surface area contributed by atoms with E-state index in [0.717, 1.165) is 16.7 Å². The maximum absolute atomic E-state index is 9.87. The molecule has 1 saturated carbocycles. The second-order valence-electron chi connectivity index (χ2n) is 9.78. The van der Waals surface area contributed by atoms with E-state index in [2.05, 4.69) is 47.6 Å². The molecule has 1 aliphatic carbocycles. The van der Waals surface area contributed by atoms with E-state index in [-0.39, 0.29) is 16.6 Å². The Hall–Kier alpha value is -1.38. The van der Waals surface area contributed by atoms with Crippen LogP contribution in [0.15, 0.2) is 24.3 Å². The van der Waals surface area contributed by atoms with E-state index in [0.29, 0.717) is 21.7 Å². The highest BCUT2D eigenvalue weighted by atomic mass is 35.5. The van der Waals surface area contributed by atoms with E-state index in [1.807, 2.05) is 13.0 Å². The molecule has 2 aromatic carbocycles. The number of aryl methyl sites for hydroxylation is 1. The summed E-state index contributed by atoms with van der Waals surface area (Å²) in [5.41, 5.74) is 4.07. The summed E-state index contributed by atoms with van der Waals surface area (Å²) in [6.07, 6.45) is 2.46. The van der Waals surface area contributed by atoms with Crippen LogP contribution in [0.2, 0.25) is 10.0 Å². The van der Waals surface area contributed by atoms with E-state index in [9.17, 15) is 10.2 Å². The molecule has 0 aromatic heterocycles. The van der Waals surface area contributed by atoms with Crippen molar-refractivity contribution in [2.24, 2.45) is 0 Å². The smallest absolute Gasteiger partial charge is 0.120 e. The minimum Gasteiger partial charge on any atom is -0.508 e. The highest BCUT2D eigenvalue weighted by Gasteiger charge is 2.29. The average molecular weight is 423 g/mol. The summed E-state index contributed by atoms with van der Waals surface area (Å²) < 4.78 is 0. The predicted molar refractivity (Wildman–Crippen MR) is 120 cm³/mol. The Morgan fingerprint density at radius 3 is 1.61 bits per heavy atom. The van der Waals surface area contributed by atoms with Crippen LogP contribution in [0.3, 0.4) is 0 Å². The molecule has 1 fully saturated rings. The van der Waals surface area contributed by atoms with E-state index < -0.39 is 0 Å². The van der Waals surface area contributed by atoms with E-state index in [1.165, 1.54) is 18.4 Å². The van der Waals surface area contributed by atoms with Crippen molar-refractivity contribution in [1.29, 1.82) is 0 Å². The van der Waals surface area contributed by atoms with Crippen LogP contribution >= 0.6 is 23.2 Å². The molecule has 2 N–H and O–H groups in total. The Balaban J connectivity index is 0.000000203. The van der Waals surface area contributed by atoms with Crippen LogP contribution in [-0.2, 0) is 10.8 Å². The Morgan fingerprint density at radius 1 is 0.750 bits per heavy atom. The topological polar surface area (TPSA) is 40.5 Å². The molecule has 0 radical (unpaired) electrons. The van der Waals surface area contributed by atoms with Crippen LogP contribution in [0, 0.1) is 6.92 Å². The summed E-state index contributed by atoms with van der Waals surface area (Å²) in [5, 5.41) is 20.9. The second-order valence-corrected chi connectivity index (χ2v) is 10.6. The van der Waals surface area contributed by atoms with Gasteiger partial charge in [-0.25, -0.2) is 0 Å². The summed E-state index contributed by atoms with van der Waals surface area (Å²) >= 11 is 12.0. The monoisotopic (exact) mass is 422 g/mol. The highest BCUT2D eigenvalue weighted by molar-refractivity contribution is 6.31. The molecule has 0 amide bonds. The lowest BCUT2D eigenvalue weighted by molar-refractivity contribution is 0.445. The number of halogens is 2. The first-order valence-electron chi connectivity index (χ1n) is 9.74. The van der Waals surface area contributed by atoms with Crippen LogP contribution in [0.5, 0.6) is 11.5 Å². The van der Waals surface area contributed by atoms with Crippen LogP contribution in [0.4, 0.5) is 0 Å². The van der Waals surface area contributed by atoms with Crippen molar-refractivity contribution >= 4 is 23.2 Å². The number of benzene rings is 2. The van der Waals surface area contributed by atoms with Gasteiger partial charge in [-0.15, -0.1) is 0 Å². The van der Waals surface area contributed by atoms with E-state index in [4.69, 9.17) is 23.2 Å². The fourth-order valence-electron chi connectivity index (χ4n) is 3.16. The molecule has 0 spiro atoms. The lowest BCUT2D eigenvalue weighted by Crippen LogP contribution is -2.11. The first kappa shape index (κ1) is 22.9. The molecule has 0 heterocycles. The maximum Gasteiger partial charge on any atom is 0.120 e. The quantitative estimate of drug-likeness (QED) is 0.490. The second kappa shape index (κ2) is 8.16. The predicted octanol–water partition coefficient (Wildman–Crippen LogP) is 7.87. The van der Waals surface area contributed by atoms with Gasteiger partial charge in [-0.1, -0.05) is 70.8 Å². The number of hydrogen-bond acceptors (Lipinski definition) is 2. The Kier molecular flexibility index (Phi) is 6.68. The largest absolute Gasteiger partial charge is 0.508 e. The molecule has 28 heavy (non-hydrogen) atoms. The molecule has 3 rings (SSSR count). The third-order valence-electron chi connectivity index (χ3n) is 5.03.